The molecular formula is C28H31NO6. The minimum atomic E-state index is -1.27. The molecule has 1 unspecified atom stereocenters. The summed E-state index contributed by atoms with van der Waals surface area (Å²) in [6.07, 6.45) is -0.130. The Balaban J connectivity index is 1.49. The second kappa shape index (κ2) is 13.2. The first-order chi connectivity index (χ1) is 17.0. The van der Waals surface area contributed by atoms with Gasteiger partial charge in [-0.2, -0.15) is 0 Å². The molecule has 3 aromatic rings. The summed E-state index contributed by atoms with van der Waals surface area (Å²) in [7, 11) is 3.12. The lowest BCUT2D eigenvalue weighted by molar-refractivity contribution is -0.154. The number of esters is 1. The quantitative estimate of drug-likeness (QED) is 0.303. The minimum Gasteiger partial charge on any atom is -0.496 e. The van der Waals surface area contributed by atoms with Gasteiger partial charge in [-0.25, -0.2) is 4.79 Å². The summed E-state index contributed by atoms with van der Waals surface area (Å²) >= 11 is 0. The highest BCUT2D eigenvalue weighted by Gasteiger charge is 2.18. The number of ether oxygens (including phenoxy) is 3. The lowest BCUT2D eigenvalue weighted by Gasteiger charge is -2.14. The van der Waals surface area contributed by atoms with Gasteiger partial charge >= 0.3 is 5.97 Å². The van der Waals surface area contributed by atoms with Crippen molar-refractivity contribution in [1.29, 1.82) is 0 Å². The van der Waals surface area contributed by atoms with Crippen LogP contribution < -0.4 is 14.8 Å². The summed E-state index contributed by atoms with van der Waals surface area (Å²) in [5.74, 6) is 0.365. The largest absolute Gasteiger partial charge is 0.496 e. The van der Waals surface area contributed by atoms with Crippen LogP contribution in [0.3, 0.4) is 0 Å². The monoisotopic (exact) mass is 477 g/mol. The molecular weight excluding hydrogens is 446 g/mol. The van der Waals surface area contributed by atoms with Gasteiger partial charge in [-0.3, -0.25) is 4.79 Å². The van der Waals surface area contributed by atoms with Gasteiger partial charge in [0, 0.05) is 31.5 Å². The first-order valence-electron chi connectivity index (χ1n) is 11.5. The van der Waals surface area contributed by atoms with E-state index in [1.807, 2.05) is 54.6 Å². The van der Waals surface area contributed by atoms with Crippen molar-refractivity contribution in [2.24, 2.45) is 0 Å². The van der Waals surface area contributed by atoms with Gasteiger partial charge in [0.05, 0.1) is 13.7 Å². The first-order valence-corrected chi connectivity index (χ1v) is 11.5. The van der Waals surface area contributed by atoms with Crippen LogP contribution in [0.4, 0.5) is 0 Å². The number of carbonyl (C=O) groups excluding carboxylic acids is 2. The molecule has 7 heteroatoms. The van der Waals surface area contributed by atoms with Crippen molar-refractivity contribution in [3.63, 3.8) is 0 Å². The second-order valence-electron chi connectivity index (χ2n) is 7.99. The van der Waals surface area contributed by atoms with Gasteiger partial charge in [0.25, 0.3) is 0 Å². The van der Waals surface area contributed by atoms with Crippen molar-refractivity contribution in [2.45, 2.75) is 32.0 Å². The van der Waals surface area contributed by atoms with Crippen LogP contribution in [0.15, 0.2) is 72.8 Å². The van der Waals surface area contributed by atoms with Gasteiger partial charge in [-0.05, 0) is 35.2 Å². The van der Waals surface area contributed by atoms with E-state index in [-0.39, 0.29) is 18.9 Å². The van der Waals surface area contributed by atoms with Crippen LogP contribution in [-0.2, 0) is 27.4 Å². The van der Waals surface area contributed by atoms with Crippen LogP contribution in [-0.4, -0.2) is 43.9 Å². The highest BCUT2D eigenvalue weighted by molar-refractivity contribution is 5.75. The topological polar surface area (TPSA) is 94.1 Å². The van der Waals surface area contributed by atoms with Gasteiger partial charge in [-0.1, -0.05) is 54.6 Å². The maximum Gasteiger partial charge on any atom is 0.335 e. The molecule has 0 aromatic heterocycles. The van der Waals surface area contributed by atoms with Crippen molar-refractivity contribution < 1.29 is 28.9 Å². The molecule has 0 aliphatic heterocycles. The number of aliphatic hydroxyl groups excluding tert-OH is 1. The van der Waals surface area contributed by atoms with E-state index in [2.05, 4.69) is 5.32 Å². The molecule has 3 aromatic carbocycles. The molecule has 1 atom stereocenters. The molecule has 0 radical (unpaired) electrons. The van der Waals surface area contributed by atoms with Crippen LogP contribution >= 0.6 is 0 Å². The maximum atomic E-state index is 12.4. The predicted molar refractivity (Wildman–Crippen MR) is 133 cm³/mol. The molecule has 3 rings (SSSR count). The number of rotatable bonds is 12. The van der Waals surface area contributed by atoms with E-state index in [1.165, 1.54) is 7.11 Å². The molecule has 0 heterocycles. The molecule has 1 amide bonds. The van der Waals surface area contributed by atoms with E-state index in [0.717, 1.165) is 16.7 Å². The minimum absolute atomic E-state index is 0.0327. The number of aliphatic hydroxyl groups is 1. The van der Waals surface area contributed by atoms with Crippen LogP contribution in [0.1, 0.15) is 24.0 Å². The summed E-state index contributed by atoms with van der Waals surface area (Å²) < 4.78 is 16.4. The zero-order valence-electron chi connectivity index (χ0n) is 20.0. The number of methoxy groups -OCH3 is 1. The Morgan fingerprint density at radius 2 is 1.69 bits per heavy atom. The van der Waals surface area contributed by atoms with Crippen LogP contribution in [0.25, 0.3) is 11.1 Å². The zero-order chi connectivity index (χ0) is 25.0. The van der Waals surface area contributed by atoms with Gasteiger partial charge in [0.2, 0.25) is 5.91 Å². The summed E-state index contributed by atoms with van der Waals surface area (Å²) in [4.78, 5) is 23.6. The fourth-order valence-corrected chi connectivity index (χ4v) is 3.50. The maximum absolute atomic E-state index is 12.4. The van der Waals surface area contributed by atoms with E-state index in [1.54, 1.807) is 25.2 Å². The van der Waals surface area contributed by atoms with Gasteiger partial charge in [-0.15, -0.1) is 0 Å². The first kappa shape index (κ1) is 25.8. The smallest absolute Gasteiger partial charge is 0.335 e. The SMILES string of the molecule is CNC(=O)CCCOc1ccc(COC(=O)C(O)Cc2ccc(-c3ccccc3)cc2)c(OC)c1. The van der Waals surface area contributed by atoms with Crippen molar-refractivity contribution >= 4 is 11.9 Å². The third-order valence-corrected chi connectivity index (χ3v) is 5.49. The van der Waals surface area contributed by atoms with Crippen molar-refractivity contribution in [3.05, 3.63) is 83.9 Å². The summed E-state index contributed by atoms with van der Waals surface area (Å²) in [6.45, 7) is 0.354. The molecule has 0 saturated heterocycles. The lowest BCUT2D eigenvalue weighted by Crippen LogP contribution is -2.25. The van der Waals surface area contributed by atoms with Crippen molar-refractivity contribution in [2.75, 3.05) is 20.8 Å². The van der Waals surface area contributed by atoms with Gasteiger partial charge < -0.3 is 24.6 Å². The Morgan fingerprint density at radius 3 is 2.37 bits per heavy atom. The van der Waals surface area contributed by atoms with Gasteiger partial charge in [0.15, 0.2) is 6.10 Å². The Kier molecular flexibility index (Phi) is 9.69. The zero-order valence-corrected chi connectivity index (χ0v) is 20.0. The summed E-state index contributed by atoms with van der Waals surface area (Å²) in [5.41, 5.74) is 3.66. The predicted octanol–water partition coefficient (Wildman–Crippen LogP) is 3.91. The lowest BCUT2D eigenvalue weighted by atomic mass is 10.0. The Labute approximate surface area is 205 Å². The average Bonchev–Trinajstić information content (AvgIpc) is 2.90. The molecule has 35 heavy (non-hydrogen) atoms. The number of hydrogen-bond donors (Lipinski definition) is 2. The standard InChI is InChI=1S/C28H31NO6/c1-29-27(31)9-6-16-34-24-15-14-23(26(18-24)33-2)19-35-28(32)25(30)17-20-10-12-22(13-11-20)21-7-4-3-5-8-21/h3-5,7-8,10-15,18,25,30H,6,9,16-17,19H2,1-2H3,(H,29,31). The number of amides is 1. The fourth-order valence-electron chi connectivity index (χ4n) is 3.50. The molecule has 0 aliphatic rings. The van der Waals surface area contributed by atoms with E-state index >= 15 is 0 Å². The Morgan fingerprint density at radius 1 is 0.971 bits per heavy atom. The van der Waals surface area contributed by atoms with Crippen LogP contribution in [0.2, 0.25) is 0 Å². The Hall–Kier alpha value is -3.84. The number of benzene rings is 3. The third kappa shape index (κ3) is 7.86. The van der Waals surface area contributed by atoms with Crippen LogP contribution in [0.5, 0.6) is 11.5 Å². The number of nitrogens with one attached hydrogen (secondary N) is 1. The molecule has 0 spiro atoms. The fraction of sp³-hybridized carbons (Fsp3) is 0.286. The van der Waals surface area contributed by atoms with Crippen molar-refractivity contribution in [1.82, 2.24) is 5.32 Å². The molecule has 184 valence electrons. The normalized spacial score (nSPS) is 11.4. The average molecular weight is 478 g/mol. The van der Waals surface area contributed by atoms with E-state index in [9.17, 15) is 14.7 Å². The molecule has 0 bridgehead atoms. The highest BCUT2D eigenvalue weighted by Crippen LogP contribution is 2.26. The van der Waals surface area contributed by atoms with E-state index < -0.39 is 12.1 Å². The summed E-state index contributed by atoms with van der Waals surface area (Å²) in [6, 6.07) is 22.9. The Bertz CT molecular complexity index is 1100. The van der Waals surface area contributed by atoms with E-state index in [0.29, 0.717) is 36.5 Å². The van der Waals surface area contributed by atoms with E-state index in [4.69, 9.17) is 14.2 Å². The molecule has 2 N–H and O–H groups in total. The van der Waals surface area contributed by atoms with Crippen molar-refractivity contribution in [3.8, 4) is 22.6 Å². The molecule has 0 aliphatic carbocycles. The highest BCUT2D eigenvalue weighted by atomic mass is 16.5. The second-order valence-corrected chi connectivity index (χ2v) is 7.99. The molecule has 0 fully saturated rings. The molecule has 7 nitrogen and oxygen atoms in total. The molecule has 0 saturated carbocycles. The number of hydrogen-bond acceptors (Lipinski definition) is 6. The summed E-state index contributed by atoms with van der Waals surface area (Å²) in [5, 5.41) is 12.9. The van der Waals surface area contributed by atoms with Gasteiger partial charge in [0.1, 0.15) is 18.1 Å². The number of carbonyl (C=O) groups is 2. The third-order valence-electron chi connectivity index (χ3n) is 5.49. The van der Waals surface area contributed by atoms with Crippen LogP contribution in [0, 0.1) is 0 Å².